The van der Waals surface area contributed by atoms with E-state index in [0.29, 0.717) is 23.2 Å². The molecule has 2 aromatic heterocycles. The van der Waals surface area contributed by atoms with Crippen LogP contribution in [-0.2, 0) is 0 Å². The number of nitrogens with zero attached hydrogens (tertiary/aromatic N) is 5. The molecule has 1 atom stereocenters. The second kappa shape index (κ2) is 9.61. The van der Waals surface area contributed by atoms with Gasteiger partial charge >= 0.3 is 13.2 Å². The van der Waals surface area contributed by atoms with Crippen LogP contribution in [0.1, 0.15) is 59.4 Å². The van der Waals surface area contributed by atoms with E-state index in [2.05, 4.69) is 34.8 Å². The standard InChI is InChI=1S/C21H20F4N6O3/c1-10-8-27-16(9-26-10)31-18(29-17(30-31)12-3-4-12)11(2)28-19(32)13-5-14(33-20(22)23)7-15(6-13)34-21(24)25/h5-9,11-12,20-21H,3-4H2,1-2H3,(H,28,32)/t11-/m0/s1. The summed E-state index contributed by atoms with van der Waals surface area (Å²) in [5.41, 5.74) is 0.492. The van der Waals surface area contributed by atoms with Crippen molar-refractivity contribution in [3.63, 3.8) is 0 Å². The van der Waals surface area contributed by atoms with Gasteiger partial charge in [0.1, 0.15) is 11.5 Å². The van der Waals surface area contributed by atoms with E-state index in [1.165, 1.54) is 10.9 Å². The van der Waals surface area contributed by atoms with Gasteiger partial charge in [0.2, 0.25) is 0 Å². The number of carbonyl (C=O) groups is 1. The molecule has 1 aliphatic rings. The minimum absolute atomic E-state index is 0.218. The number of alkyl halides is 4. The first kappa shape index (κ1) is 23.4. The number of nitrogens with one attached hydrogen (secondary N) is 1. The summed E-state index contributed by atoms with van der Waals surface area (Å²) in [6.45, 7) is -3.00. The molecule has 180 valence electrons. The topological polar surface area (TPSA) is 104 Å². The molecule has 1 amide bonds. The summed E-state index contributed by atoms with van der Waals surface area (Å²) >= 11 is 0. The van der Waals surface area contributed by atoms with Gasteiger partial charge < -0.3 is 14.8 Å². The van der Waals surface area contributed by atoms with Crippen LogP contribution in [0, 0.1) is 6.92 Å². The summed E-state index contributed by atoms with van der Waals surface area (Å²) in [6.07, 6.45) is 5.00. The summed E-state index contributed by atoms with van der Waals surface area (Å²) in [5, 5.41) is 7.18. The number of aromatic nitrogens is 5. The molecule has 1 saturated carbocycles. The average Bonchev–Trinajstić information content (AvgIpc) is 3.51. The fraction of sp³-hybridized carbons (Fsp3) is 0.381. The van der Waals surface area contributed by atoms with Gasteiger partial charge in [-0.1, -0.05) is 0 Å². The van der Waals surface area contributed by atoms with Gasteiger partial charge in [-0.05, 0) is 38.8 Å². The molecule has 3 aromatic rings. The molecule has 0 unspecified atom stereocenters. The molecule has 34 heavy (non-hydrogen) atoms. The molecule has 4 rings (SSSR count). The zero-order valence-electron chi connectivity index (χ0n) is 18.1. The molecule has 9 nitrogen and oxygen atoms in total. The van der Waals surface area contributed by atoms with Gasteiger partial charge in [0.05, 0.1) is 24.1 Å². The van der Waals surface area contributed by atoms with E-state index in [1.807, 2.05) is 0 Å². The van der Waals surface area contributed by atoms with Gasteiger partial charge in [-0.15, -0.1) is 5.10 Å². The Balaban J connectivity index is 1.61. The second-order valence-electron chi connectivity index (χ2n) is 7.68. The first-order valence-corrected chi connectivity index (χ1v) is 10.3. The molecular formula is C21H20F4N6O3. The molecule has 1 N–H and O–H groups in total. The quantitative estimate of drug-likeness (QED) is 0.463. The molecule has 0 bridgehead atoms. The molecule has 0 radical (unpaired) electrons. The number of amides is 1. The average molecular weight is 480 g/mol. The van der Waals surface area contributed by atoms with Crippen LogP contribution in [0.15, 0.2) is 30.6 Å². The number of ether oxygens (including phenoxy) is 2. The van der Waals surface area contributed by atoms with Gasteiger partial charge in [-0.2, -0.15) is 22.2 Å². The highest BCUT2D eigenvalue weighted by atomic mass is 19.3. The van der Waals surface area contributed by atoms with Gasteiger partial charge in [0.15, 0.2) is 17.5 Å². The van der Waals surface area contributed by atoms with Gasteiger partial charge in [-0.3, -0.25) is 9.78 Å². The van der Waals surface area contributed by atoms with Crippen LogP contribution >= 0.6 is 0 Å². The third-order valence-corrected chi connectivity index (χ3v) is 4.90. The van der Waals surface area contributed by atoms with Crippen molar-refractivity contribution in [3.05, 3.63) is 53.5 Å². The van der Waals surface area contributed by atoms with E-state index in [1.54, 1.807) is 20.0 Å². The first-order valence-electron chi connectivity index (χ1n) is 10.3. The molecule has 2 heterocycles. The van der Waals surface area contributed by atoms with Crippen LogP contribution in [0.3, 0.4) is 0 Å². The van der Waals surface area contributed by atoms with Crippen LogP contribution in [0.4, 0.5) is 17.6 Å². The smallest absolute Gasteiger partial charge is 0.387 e. The van der Waals surface area contributed by atoms with Crippen molar-refractivity contribution < 1.29 is 31.8 Å². The highest BCUT2D eigenvalue weighted by Gasteiger charge is 2.31. The lowest BCUT2D eigenvalue weighted by atomic mass is 10.1. The molecule has 1 aromatic carbocycles. The summed E-state index contributed by atoms with van der Waals surface area (Å²) in [7, 11) is 0. The summed E-state index contributed by atoms with van der Waals surface area (Å²) in [5.74, 6) is -0.139. The van der Waals surface area contributed by atoms with Gasteiger partial charge in [0, 0.05) is 17.5 Å². The molecule has 0 spiro atoms. The monoisotopic (exact) mass is 480 g/mol. The molecule has 1 aliphatic carbocycles. The van der Waals surface area contributed by atoms with Gasteiger partial charge in [-0.25, -0.2) is 9.97 Å². The normalized spacial score (nSPS) is 14.4. The number of hydrogen-bond donors (Lipinski definition) is 1. The van der Waals surface area contributed by atoms with Crippen molar-refractivity contribution in [3.8, 4) is 17.3 Å². The first-order chi connectivity index (χ1) is 16.2. The van der Waals surface area contributed by atoms with Crippen LogP contribution in [-0.4, -0.2) is 43.9 Å². The van der Waals surface area contributed by atoms with Crippen LogP contribution in [0.5, 0.6) is 11.5 Å². The third kappa shape index (κ3) is 5.58. The highest BCUT2D eigenvalue weighted by Crippen LogP contribution is 2.38. The summed E-state index contributed by atoms with van der Waals surface area (Å²) in [6, 6.07) is 2.12. The molecule has 0 saturated heterocycles. The SMILES string of the molecule is Cc1cnc(-n2nc(C3CC3)nc2[C@H](C)NC(=O)c2cc(OC(F)F)cc(OC(F)F)c2)cn1. The van der Waals surface area contributed by atoms with Crippen LogP contribution in [0.2, 0.25) is 0 Å². The Morgan fingerprint density at radius 3 is 2.24 bits per heavy atom. The molecule has 0 aliphatic heterocycles. The predicted octanol–water partition coefficient (Wildman–Crippen LogP) is 3.94. The largest absolute Gasteiger partial charge is 0.435 e. The Morgan fingerprint density at radius 2 is 1.71 bits per heavy atom. The Hall–Kier alpha value is -3.77. The summed E-state index contributed by atoms with van der Waals surface area (Å²) < 4.78 is 60.6. The highest BCUT2D eigenvalue weighted by molar-refractivity contribution is 5.95. The van der Waals surface area contributed by atoms with Crippen LogP contribution in [0.25, 0.3) is 5.82 Å². The second-order valence-corrected chi connectivity index (χ2v) is 7.68. The number of hydrogen-bond acceptors (Lipinski definition) is 7. The van der Waals surface area contributed by atoms with E-state index in [-0.39, 0.29) is 11.5 Å². The fourth-order valence-electron chi connectivity index (χ4n) is 3.19. The number of halogens is 4. The van der Waals surface area contributed by atoms with Crippen molar-refractivity contribution in [1.29, 1.82) is 0 Å². The lowest BCUT2D eigenvalue weighted by molar-refractivity contribution is -0.0543. The van der Waals surface area contributed by atoms with Crippen LogP contribution < -0.4 is 14.8 Å². The maximum Gasteiger partial charge on any atom is 0.387 e. The maximum atomic E-state index is 12.9. The van der Waals surface area contributed by atoms with Crippen molar-refractivity contribution in [1.82, 2.24) is 30.0 Å². The van der Waals surface area contributed by atoms with Crippen molar-refractivity contribution in [2.45, 2.75) is 51.9 Å². The number of aryl methyl sites for hydroxylation is 1. The Morgan fingerprint density at radius 1 is 1.06 bits per heavy atom. The predicted molar refractivity (Wildman–Crippen MR) is 109 cm³/mol. The lowest BCUT2D eigenvalue weighted by Gasteiger charge is -2.15. The maximum absolute atomic E-state index is 12.9. The van der Waals surface area contributed by atoms with E-state index < -0.39 is 36.7 Å². The van der Waals surface area contributed by atoms with Crippen molar-refractivity contribution in [2.75, 3.05) is 0 Å². The third-order valence-electron chi connectivity index (χ3n) is 4.90. The fourth-order valence-corrected chi connectivity index (χ4v) is 3.19. The number of carbonyl (C=O) groups excluding carboxylic acids is 1. The van der Waals surface area contributed by atoms with E-state index in [0.717, 1.165) is 31.0 Å². The lowest BCUT2D eigenvalue weighted by Crippen LogP contribution is -2.29. The Labute approximate surface area is 191 Å². The number of rotatable bonds is 9. The zero-order chi connectivity index (χ0) is 24.4. The number of benzene rings is 1. The molecule has 1 fully saturated rings. The van der Waals surface area contributed by atoms with E-state index >= 15 is 0 Å². The molecule has 13 heteroatoms. The van der Waals surface area contributed by atoms with E-state index in [4.69, 9.17) is 0 Å². The minimum atomic E-state index is -3.22. The van der Waals surface area contributed by atoms with Gasteiger partial charge in [0.25, 0.3) is 5.91 Å². The van der Waals surface area contributed by atoms with Crippen molar-refractivity contribution in [2.24, 2.45) is 0 Å². The Kier molecular flexibility index (Phi) is 6.61. The minimum Gasteiger partial charge on any atom is -0.435 e. The van der Waals surface area contributed by atoms with Crippen molar-refractivity contribution >= 4 is 5.91 Å². The Bertz CT molecular complexity index is 1140. The zero-order valence-corrected chi connectivity index (χ0v) is 18.1. The summed E-state index contributed by atoms with van der Waals surface area (Å²) in [4.78, 5) is 25.9. The van der Waals surface area contributed by atoms with E-state index in [9.17, 15) is 22.4 Å². The molecular weight excluding hydrogens is 460 g/mol.